The van der Waals surface area contributed by atoms with Crippen LogP contribution in [0.4, 0.5) is 4.79 Å². The van der Waals surface area contributed by atoms with Gasteiger partial charge in [-0.1, -0.05) is 24.3 Å². The Hall–Kier alpha value is -3.28. The standard InChI is InChI=1S/C24H29NO5/c1-6-29-22(26)13-10-17-8-7-9-18(14-17)19-11-12-21(28-5)20(15-19)16-25-23(27)30-24(2,3)4/h7-15H,6,16H2,1-5H3,(H,25,27). The van der Waals surface area contributed by atoms with Crippen LogP contribution in [0.1, 0.15) is 38.8 Å². The van der Waals surface area contributed by atoms with Gasteiger partial charge in [-0.3, -0.25) is 0 Å². The van der Waals surface area contributed by atoms with E-state index in [-0.39, 0.29) is 12.5 Å². The molecule has 0 aliphatic carbocycles. The van der Waals surface area contributed by atoms with Crippen molar-refractivity contribution in [2.45, 2.75) is 39.8 Å². The number of hydrogen-bond acceptors (Lipinski definition) is 5. The monoisotopic (exact) mass is 411 g/mol. The van der Waals surface area contributed by atoms with Crippen LogP contribution in [-0.4, -0.2) is 31.4 Å². The van der Waals surface area contributed by atoms with Crippen molar-refractivity contribution < 1.29 is 23.8 Å². The van der Waals surface area contributed by atoms with E-state index >= 15 is 0 Å². The second-order valence-electron chi connectivity index (χ2n) is 7.59. The molecule has 0 bridgehead atoms. The van der Waals surface area contributed by atoms with E-state index in [9.17, 15) is 9.59 Å². The minimum absolute atomic E-state index is 0.272. The lowest BCUT2D eigenvalue weighted by atomic mass is 10.00. The predicted molar refractivity (Wildman–Crippen MR) is 117 cm³/mol. The van der Waals surface area contributed by atoms with E-state index in [2.05, 4.69) is 5.32 Å². The highest BCUT2D eigenvalue weighted by atomic mass is 16.6. The molecule has 0 radical (unpaired) electrons. The molecule has 0 spiro atoms. The highest BCUT2D eigenvalue weighted by molar-refractivity contribution is 5.87. The smallest absolute Gasteiger partial charge is 0.407 e. The summed E-state index contributed by atoms with van der Waals surface area (Å²) in [7, 11) is 1.59. The van der Waals surface area contributed by atoms with Gasteiger partial charge in [0.25, 0.3) is 0 Å². The van der Waals surface area contributed by atoms with Crippen molar-refractivity contribution in [1.82, 2.24) is 5.32 Å². The van der Waals surface area contributed by atoms with E-state index in [0.29, 0.717) is 12.4 Å². The second kappa shape index (κ2) is 10.5. The molecule has 30 heavy (non-hydrogen) atoms. The minimum atomic E-state index is -0.562. The van der Waals surface area contributed by atoms with Crippen molar-refractivity contribution in [1.29, 1.82) is 0 Å². The fourth-order valence-electron chi connectivity index (χ4n) is 2.75. The Balaban J connectivity index is 2.20. The molecule has 0 saturated heterocycles. The van der Waals surface area contributed by atoms with Gasteiger partial charge < -0.3 is 19.5 Å². The van der Waals surface area contributed by atoms with Crippen LogP contribution in [0.2, 0.25) is 0 Å². The molecule has 0 heterocycles. The van der Waals surface area contributed by atoms with Crippen LogP contribution >= 0.6 is 0 Å². The predicted octanol–water partition coefficient (Wildman–Crippen LogP) is 4.96. The first kappa shape index (κ1) is 23.0. The van der Waals surface area contributed by atoms with Gasteiger partial charge in [0.1, 0.15) is 11.4 Å². The van der Waals surface area contributed by atoms with E-state index in [4.69, 9.17) is 14.2 Å². The Bertz CT molecular complexity index is 912. The van der Waals surface area contributed by atoms with Crippen molar-refractivity contribution >= 4 is 18.1 Å². The van der Waals surface area contributed by atoms with Crippen molar-refractivity contribution in [3.05, 3.63) is 59.7 Å². The van der Waals surface area contributed by atoms with Gasteiger partial charge >= 0.3 is 12.1 Å². The minimum Gasteiger partial charge on any atom is -0.496 e. The summed E-state index contributed by atoms with van der Waals surface area (Å²) in [6, 6.07) is 13.6. The van der Waals surface area contributed by atoms with Crippen molar-refractivity contribution in [3.8, 4) is 16.9 Å². The van der Waals surface area contributed by atoms with Gasteiger partial charge in [0.15, 0.2) is 0 Å². The van der Waals surface area contributed by atoms with Gasteiger partial charge in [-0.25, -0.2) is 9.59 Å². The Morgan fingerprint density at radius 2 is 1.80 bits per heavy atom. The molecule has 0 atom stereocenters. The zero-order chi connectivity index (χ0) is 22.1. The SMILES string of the molecule is CCOC(=O)C=Cc1cccc(-c2ccc(OC)c(CNC(=O)OC(C)(C)C)c2)c1. The number of methoxy groups -OCH3 is 1. The Morgan fingerprint density at radius 3 is 2.47 bits per heavy atom. The molecule has 6 heteroatoms. The highest BCUT2D eigenvalue weighted by Gasteiger charge is 2.16. The van der Waals surface area contributed by atoms with E-state index in [0.717, 1.165) is 22.3 Å². The molecule has 2 aromatic rings. The van der Waals surface area contributed by atoms with Crippen LogP contribution in [0, 0.1) is 0 Å². The summed E-state index contributed by atoms with van der Waals surface area (Å²) in [4.78, 5) is 23.5. The molecule has 0 aromatic heterocycles. The highest BCUT2D eigenvalue weighted by Crippen LogP contribution is 2.27. The maximum absolute atomic E-state index is 12.0. The maximum atomic E-state index is 12.0. The lowest BCUT2D eigenvalue weighted by Crippen LogP contribution is -2.32. The van der Waals surface area contributed by atoms with Crippen LogP contribution in [0.15, 0.2) is 48.5 Å². The number of esters is 1. The number of amides is 1. The number of benzene rings is 2. The summed E-state index contributed by atoms with van der Waals surface area (Å²) in [6.45, 7) is 7.83. The summed E-state index contributed by atoms with van der Waals surface area (Å²) in [5.74, 6) is 0.302. The first-order valence-electron chi connectivity index (χ1n) is 9.81. The van der Waals surface area contributed by atoms with E-state index in [1.54, 1.807) is 20.1 Å². The van der Waals surface area contributed by atoms with Gasteiger partial charge in [0.2, 0.25) is 0 Å². The summed E-state index contributed by atoms with van der Waals surface area (Å²) in [5, 5.41) is 2.76. The number of alkyl carbamates (subject to hydrolysis) is 1. The van der Waals surface area contributed by atoms with Crippen LogP contribution < -0.4 is 10.1 Å². The van der Waals surface area contributed by atoms with Crippen LogP contribution in [0.5, 0.6) is 5.75 Å². The zero-order valence-electron chi connectivity index (χ0n) is 18.2. The average Bonchev–Trinajstić information content (AvgIpc) is 2.69. The number of hydrogen-bond donors (Lipinski definition) is 1. The summed E-state index contributed by atoms with van der Waals surface area (Å²) in [5.41, 5.74) is 3.08. The van der Waals surface area contributed by atoms with Gasteiger partial charge in [-0.05, 0) is 68.7 Å². The Morgan fingerprint density at radius 1 is 1.07 bits per heavy atom. The Kier molecular flexibility index (Phi) is 8.04. The van der Waals surface area contributed by atoms with Crippen LogP contribution in [-0.2, 0) is 20.8 Å². The third-order valence-electron chi connectivity index (χ3n) is 4.02. The van der Waals surface area contributed by atoms with Gasteiger partial charge in [0.05, 0.1) is 13.7 Å². The van der Waals surface area contributed by atoms with Crippen molar-refractivity contribution in [3.63, 3.8) is 0 Å². The first-order valence-corrected chi connectivity index (χ1v) is 9.81. The molecular weight excluding hydrogens is 382 g/mol. The molecular formula is C24H29NO5. The fraction of sp³-hybridized carbons (Fsp3) is 0.333. The molecule has 0 aliphatic heterocycles. The van der Waals surface area contributed by atoms with E-state index in [1.165, 1.54) is 6.08 Å². The van der Waals surface area contributed by atoms with Crippen LogP contribution in [0.25, 0.3) is 17.2 Å². The van der Waals surface area contributed by atoms with Gasteiger partial charge in [-0.2, -0.15) is 0 Å². The average molecular weight is 411 g/mol. The maximum Gasteiger partial charge on any atom is 0.407 e. The topological polar surface area (TPSA) is 73.9 Å². The molecule has 1 amide bonds. The summed E-state index contributed by atoms with van der Waals surface area (Å²) < 4.78 is 15.6. The third kappa shape index (κ3) is 7.28. The summed E-state index contributed by atoms with van der Waals surface area (Å²) in [6.07, 6.45) is 2.64. The fourth-order valence-corrected chi connectivity index (χ4v) is 2.75. The van der Waals surface area contributed by atoms with Crippen LogP contribution in [0.3, 0.4) is 0 Å². The molecule has 0 saturated carbocycles. The lowest BCUT2D eigenvalue weighted by molar-refractivity contribution is -0.137. The number of nitrogens with one attached hydrogen (secondary N) is 1. The van der Waals surface area contributed by atoms with E-state index in [1.807, 2.05) is 63.2 Å². The van der Waals surface area contributed by atoms with Gasteiger partial charge in [-0.15, -0.1) is 0 Å². The van der Waals surface area contributed by atoms with Crippen molar-refractivity contribution in [2.24, 2.45) is 0 Å². The third-order valence-corrected chi connectivity index (χ3v) is 4.02. The largest absolute Gasteiger partial charge is 0.496 e. The van der Waals surface area contributed by atoms with Crippen molar-refractivity contribution in [2.75, 3.05) is 13.7 Å². The molecule has 0 fully saturated rings. The van der Waals surface area contributed by atoms with Gasteiger partial charge in [0, 0.05) is 18.2 Å². The summed E-state index contributed by atoms with van der Waals surface area (Å²) >= 11 is 0. The molecule has 1 N–H and O–H groups in total. The number of carbonyl (C=O) groups excluding carboxylic acids is 2. The quantitative estimate of drug-likeness (QED) is 0.515. The number of carbonyl (C=O) groups is 2. The van der Waals surface area contributed by atoms with E-state index < -0.39 is 11.7 Å². The molecule has 0 unspecified atom stereocenters. The lowest BCUT2D eigenvalue weighted by Gasteiger charge is -2.20. The molecule has 160 valence electrons. The molecule has 6 nitrogen and oxygen atoms in total. The Labute approximate surface area is 177 Å². The zero-order valence-corrected chi connectivity index (χ0v) is 18.2. The normalized spacial score (nSPS) is 11.2. The number of rotatable bonds is 7. The number of ether oxygens (including phenoxy) is 3. The molecule has 2 rings (SSSR count). The first-order chi connectivity index (χ1) is 14.2. The molecule has 0 aliphatic rings. The second-order valence-corrected chi connectivity index (χ2v) is 7.59. The molecule has 2 aromatic carbocycles.